The number of rotatable bonds is 7. The van der Waals surface area contributed by atoms with E-state index in [2.05, 4.69) is 70.1 Å². The van der Waals surface area contributed by atoms with Crippen LogP contribution in [0, 0.1) is 5.92 Å². The lowest BCUT2D eigenvalue weighted by atomic mass is 9.86. The van der Waals surface area contributed by atoms with Crippen LogP contribution in [0.15, 0.2) is 36.5 Å². The minimum atomic E-state index is -1.92. The Bertz CT molecular complexity index is 1050. The van der Waals surface area contributed by atoms with Gasteiger partial charge in [-0.1, -0.05) is 52.3 Å². The molecule has 2 aliphatic rings. The van der Waals surface area contributed by atoms with Crippen LogP contribution in [0.4, 0.5) is 5.82 Å². The number of fused-ring (bicyclic) bond motifs is 1. The first-order valence-corrected chi connectivity index (χ1v) is 16.1. The first-order valence-electron chi connectivity index (χ1n) is 12.8. The van der Waals surface area contributed by atoms with Crippen LogP contribution in [-0.2, 0) is 9.84 Å². The van der Waals surface area contributed by atoms with Crippen LogP contribution in [0.3, 0.4) is 0 Å². The summed E-state index contributed by atoms with van der Waals surface area (Å²) >= 11 is 6.28. The van der Waals surface area contributed by atoms with Crippen LogP contribution in [-0.4, -0.2) is 37.2 Å². The third-order valence-electron chi connectivity index (χ3n) is 8.26. The fraction of sp³-hybridized carbons (Fsp3) is 0.607. The molecule has 0 bridgehead atoms. The Morgan fingerprint density at radius 2 is 1.91 bits per heavy atom. The first kappa shape index (κ1) is 26.5. The maximum absolute atomic E-state index is 10.0. The minimum absolute atomic E-state index is 0.0189. The van der Waals surface area contributed by atoms with Crippen molar-refractivity contribution < 1.29 is 14.3 Å². The molecule has 1 heterocycles. The van der Waals surface area contributed by atoms with E-state index in [9.17, 15) is 5.11 Å². The van der Waals surface area contributed by atoms with Gasteiger partial charge in [-0.05, 0) is 65.7 Å². The molecule has 35 heavy (non-hydrogen) atoms. The Balaban J connectivity index is 1.43. The fourth-order valence-electron chi connectivity index (χ4n) is 5.24. The van der Waals surface area contributed by atoms with Crippen LogP contribution < -0.4 is 10.1 Å². The predicted molar refractivity (Wildman–Crippen MR) is 146 cm³/mol. The van der Waals surface area contributed by atoms with Gasteiger partial charge >= 0.3 is 0 Å². The molecule has 0 aliphatic heterocycles. The van der Waals surface area contributed by atoms with E-state index in [4.69, 9.17) is 20.8 Å². The van der Waals surface area contributed by atoms with Crippen molar-refractivity contribution in [3.63, 3.8) is 0 Å². The zero-order valence-corrected chi connectivity index (χ0v) is 23.9. The molecule has 1 aromatic heterocycles. The van der Waals surface area contributed by atoms with E-state index in [0.29, 0.717) is 0 Å². The quantitative estimate of drug-likeness (QED) is 0.384. The maximum Gasteiger partial charge on any atom is 0.192 e. The molecule has 1 aromatic carbocycles. The van der Waals surface area contributed by atoms with E-state index in [0.717, 1.165) is 35.9 Å². The normalized spacial score (nSPS) is 26.0. The lowest BCUT2D eigenvalue weighted by Crippen LogP contribution is -2.45. The van der Waals surface area contributed by atoms with Gasteiger partial charge in [0, 0.05) is 36.2 Å². The molecular weight excluding hydrogens is 476 g/mol. The standard InChI is InChI=1S/C28H41ClN2O3Si/c1-27(2,3)35(6,7)34-25-14-21(12-18(25)17-32)33-20-10-11-30-26(15-20)31-24-16-28(4,5)23-13-19(29)8-9-22(23)24/h8-11,13,15,18,21,24-25,32H,12,14,16-17H2,1-7H3,(H,30,31)/t18-,21+,24-,25+/m0/s1. The van der Waals surface area contributed by atoms with E-state index in [1.807, 2.05) is 18.2 Å². The number of halogens is 1. The molecule has 1 saturated carbocycles. The molecule has 2 aromatic rings. The van der Waals surface area contributed by atoms with Crippen molar-refractivity contribution in [1.82, 2.24) is 4.98 Å². The predicted octanol–water partition coefficient (Wildman–Crippen LogP) is 7.11. The number of aromatic nitrogens is 1. The Labute approximate surface area is 216 Å². The zero-order valence-electron chi connectivity index (χ0n) is 22.2. The van der Waals surface area contributed by atoms with Gasteiger partial charge in [0.1, 0.15) is 17.7 Å². The lowest BCUT2D eigenvalue weighted by Gasteiger charge is -2.39. The van der Waals surface area contributed by atoms with Gasteiger partial charge < -0.3 is 19.6 Å². The average Bonchev–Trinajstić information content (AvgIpc) is 3.23. The summed E-state index contributed by atoms with van der Waals surface area (Å²) in [6.07, 6.45) is 4.42. The molecule has 7 heteroatoms. The molecule has 0 radical (unpaired) electrons. The third kappa shape index (κ3) is 5.71. The highest BCUT2D eigenvalue weighted by Gasteiger charge is 2.44. The van der Waals surface area contributed by atoms with E-state index in [1.54, 1.807) is 6.20 Å². The van der Waals surface area contributed by atoms with Crippen molar-refractivity contribution in [3.05, 3.63) is 52.7 Å². The largest absolute Gasteiger partial charge is 0.490 e. The fourth-order valence-corrected chi connectivity index (χ4v) is 6.81. The summed E-state index contributed by atoms with van der Waals surface area (Å²) in [5.41, 5.74) is 2.62. The first-order chi connectivity index (χ1) is 16.3. The van der Waals surface area contributed by atoms with Crippen molar-refractivity contribution in [2.75, 3.05) is 11.9 Å². The molecule has 0 unspecified atom stereocenters. The van der Waals surface area contributed by atoms with Crippen LogP contribution in [0.5, 0.6) is 5.75 Å². The van der Waals surface area contributed by atoms with Crippen LogP contribution in [0.25, 0.3) is 0 Å². The van der Waals surface area contributed by atoms with Gasteiger partial charge in [-0.15, -0.1) is 0 Å². The van der Waals surface area contributed by atoms with Crippen molar-refractivity contribution in [2.45, 2.75) is 95.7 Å². The van der Waals surface area contributed by atoms with Gasteiger partial charge in [0.25, 0.3) is 0 Å². The van der Waals surface area contributed by atoms with Crippen LogP contribution >= 0.6 is 11.6 Å². The number of ether oxygens (including phenoxy) is 1. The van der Waals surface area contributed by atoms with Gasteiger partial charge in [-0.3, -0.25) is 0 Å². The van der Waals surface area contributed by atoms with Crippen LogP contribution in [0.1, 0.15) is 71.0 Å². The van der Waals surface area contributed by atoms with Crippen molar-refractivity contribution in [2.24, 2.45) is 5.92 Å². The average molecular weight is 517 g/mol. The Hall–Kier alpha value is -1.60. The Morgan fingerprint density at radius 3 is 2.60 bits per heavy atom. The molecule has 0 spiro atoms. The topological polar surface area (TPSA) is 63.6 Å². The number of aliphatic hydroxyl groups excluding tert-OH is 1. The minimum Gasteiger partial charge on any atom is -0.490 e. The highest BCUT2D eigenvalue weighted by molar-refractivity contribution is 6.74. The Morgan fingerprint density at radius 1 is 1.17 bits per heavy atom. The zero-order chi connectivity index (χ0) is 25.6. The summed E-state index contributed by atoms with van der Waals surface area (Å²) in [5, 5.41) is 14.5. The van der Waals surface area contributed by atoms with E-state index >= 15 is 0 Å². The summed E-state index contributed by atoms with van der Waals surface area (Å²) in [4.78, 5) is 4.56. The van der Waals surface area contributed by atoms with Gasteiger partial charge in [0.2, 0.25) is 0 Å². The second-order valence-corrected chi connectivity index (χ2v) is 17.7. The summed E-state index contributed by atoms with van der Waals surface area (Å²) < 4.78 is 13.1. The monoisotopic (exact) mass is 516 g/mol. The number of benzene rings is 1. The lowest BCUT2D eigenvalue weighted by molar-refractivity contribution is 0.0972. The molecule has 4 rings (SSSR count). The number of hydrogen-bond acceptors (Lipinski definition) is 5. The van der Waals surface area contributed by atoms with Gasteiger partial charge in [0.05, 0.1) is 12.1 Å². The van der Waals surface area contributed by atoms with Gasteiger partial charge in [-0.2, -0.15) is 0 Å². The number of pyridine rings is 1. The second kappa shape index (κ2) is 9.69. The summed E-state index contributed by atoms with van der Waals surface area (Å²) in [6, 6.07) is 10.2. The summed E-state index contributed by atoms with van der Waals surface area (Å²) in [5.74, 6) is 1.71. The van der Waals surface area contributed by atoms with Crippen LogP contribution in [0.2, 0.25) is 23.2 Å². The maximum atomic E-state index is 10.0. The molecule has 2 aliphatic carbocycles. The highest BCUT2D eigenvalue weighted by Crippen LogP contribution is 2.47. The van der Waals surface area contributed by atoms with Gasteiger partial charge in [-0.25, -0.2) is 4.98 Å². The van der Waals surface area contributed by atoms with E-state index in [-0.39, 0.29) is 41.2 Å². The van der Waals surface area contributed by atoms with Crippen molar-refractivity contribution in [1.29, 1.82) is 0 Å². The summed E-state index contributed by atoms with van der Waals surface area (Å²) in [7, 11) is -1.92. The third-order valence-corrected chi connectivity index (χ3v) is 13.0. The molecule has 5 nitrogen and oxygen atoms in total. The molecule has 2 N–H and O–H groups in total. The molecule has 192 valence electrons. The number of nitrogens with zero attached hydrogens (tertiary/aromatic N) is 1. The second-order valence-electron chi connectivity index (χ2n) is 12.5. The smallest absolute Gasteiger partial charge is 0.192 e. The molecule has 0 amide bonds. The van der Waals surface area contributed by atoms with Gasteiger partial charge in [0.15, 0.2) is 8.32 Å². The molecule has 1 fully saturated rings. The van der Waals surface area contributed by atoms with Crippen molar-refractivity contribution >= 4 is 25.7 Å². The molecule has 0 saturated heterocycles. The Kier molecular flexibility index (Phi) is 7.33. The molecule has 4 atom stereocenters. The molecular formula is C28H41ClN2O3Si. The summed E-state index contributed by atoms with van der Waals surface area (Å²) in [6.45, 7) is 15.9. The number of hydrogen-bond donors (Lipinski definition) is 2. The number of anilines is 1. The SMILES string of the molecule is CC1(C)C[C@H](Nc2cc(O[C@@H]3C[C@@H](CO)[C@H](O[Si](C)(C)C(C)(C)C)C3)ccn2)c2ccc(Cl)cc21. The highest BCUT2D eigenvalue weighted by atomic mass is 35.5. The van der Waals surface area contributed by atoms with E-state index in [1.165, 1.54) is 11.1 Å². The number of aliphatic hydroxyl groups is 1. The van der Waals surface area contributed by atoms with Crippen molar-refractivity contribution in [3.8, 4) is 5.75 Å². The number of nitrogens with one attached hydrogen (secondary N) is 1. The van der Waals surface area contributed by atoms with E-state index < -0.39 is 8.32 Å².